The predicted octanol–water partition coefficient (Wildman–Crippen LogP) is 0.224. The minimum Gasteiger partial charge on any atom is -0.484 e. The molecule has 7 amide bonds. The molecule has 1 fully saturated rings. The number of hydrogen-bond acceptors (Lipinski definition) is 11. The van der Waals surface area contributed by atoms with E-state index < -0.39 is 48.2 Å². The Morgan fingerprint density at radius 3 is 2.08 bits per heavy atom. The molecule has 1 aromatic carbocycles. The summed E-state index contributed by atoms with van der Waals surface area (Å²) in [5.74, 6) is -0.718. The molecule has 0 spiro atoms. The molecule has 0 bridgehead atoms. The highest BCUT2D eigenvalue weighted by Gasteiger charge is 2.29. The summed E-state index contributed by atoms with van der Waals surface area (Å²) in [6.45, 7) is 6.92. The molecule has 1 saturated heterocycles. The molecule has 1 aliphatic rings. The Balaban J connectivity index is 1.53. The second-order valence-electron chi connectivity index (χ2n) is 15.4. The Labute approximate surface area is 359 Å². The van der Waals surface area contributed by atoms with Gasteiger partial charge in [0.25, 0.3) is 5.91 Å². The van der Waals surface area contributed by atoms with Crippen molar-refractivity contribution in [3.8, 4) is 18.1 Å². The Morgan fingerprint density at radius 1 is 0.803 bits per heavy atom. The van der Waals surface area contributed by atoms with E-state index in [0.29, 0.717) is 50.9 Å². The zero-order valence-electron chi connectivity index (χ0n) is 36.3. The van der Waals surface area contributed by atoms with Gasteiger partial charge < -0.3 is 51.6 Å². The summed E-state index contributed by atoms with van der Waals surface area (Å²) < 4.78 is 11.0. The molecule has 18 nitrogen and oxygen atoms in total. The average Bonchev–Trinajstić information content (AvgIpc) is 3.65. The van der Waals surface area contributed by atoms with Gasteiger partial charge in [-0.3, -0.25) is 38.4 Å². The Hall–Kier alpha value is -5.70. The number of nitrogens with zero attached hydrogens (tertiary/aromatic N) is 1. The van der Waals surface area contributed by atoms with Crippen molar-refractivity contribution in [3.63, 3.8) is 0 Å². The second kappa shape index (κ2) is 28.7. The third-order valence-corrected chi connectivity index (χ3v) is 9.75. The van der Waals surface area contributed by atoms with Crippen LogP contribution in [-0.4, -0.2) is 129 Å². The van der Waals surface area contributed by atoms with E-state index in [1.54, 1.807) is 13.8 Å². The monoisotopic (exact) mass is 854 g/mol. The third kappa shape index (κ3) is 21.9. The van der Waals surface area contributed by atoms with Gasteiger partial charge in [0.2, 0.25) is 35.4 Å². The number of nitrogens with one attached hydrogen (secondary N) is 7. The molecule has 0 saturated carbocycles. The second-order valence-corrected chi connectivity index (χ2v) is 15.4. The van der Waals surface area contributed by atoms with Crippen molar-refractivity contribution < 1.29 is 47.8 Å². The van der Waals surface area contributed by atoms with Gasteiger partial charge in [0, 0.05) is 45.9 Å². The number of amides is 7. The van der Waals surface area contributed by atoms with Crippen molar-refractivity contribution in [2.24, 2.45) is 5.92 Å². The van der Waals surface area contributed by atoms with E-state index in [9.17, 15) is 38.4 Å². The van der Waals surface area contributed by atoms with Gasteiger partial charge in [-0.25, -0.2) is 0 Å². The van der Waals surface area contributed by atoms with Gasteiger partial charge in [-0.05, 0) is 75.6 Å². The molecule has 338 valence electrons. The highest BCUT2D eigenvalue weighted by atomic mass is 16.5. The van der Waals surface area contributed by atoms with Crippen LogP contribution in [0.2, 0.25) is 0 Å². The normalized spacial score (nSPS) is 15.3. The van der Waals surface area contributed by atoms with Crippen LogP contribution in [0.1, 0.15) is 91.0 Å². The number of ether oxygens (including phenoxy) is 2. The first-order valence-electron chi connectivity index (χ1n) is 21.1. The molecule has 4 atom stereocenters. The molecular formula is C43H66N8O10. The van der Waals surface area contributed by atoms with Gasteiger partial charge in [0.15, 0.2) is 6.61 Å². The molecule has 61 heavy (non-hydrogen) atoms. The van der Waals surface area contributed by atoms with Crippen molar-refractivity contribution >= 4 is 47.3 Å². The zero-order valence-corrected chi connectivity index (χ0v) is 36.3. The molecule has 2 rings (SSSR count). The first-order valence-corrected chi connectivity index (χ1v) is 21.1. The highest BCUT2D eigenvalue weighted by Crippen LogP contribution is 2.19. The van der Waals surface area contributed by atoms with Crippen LogP contribution in [0.4, 0.5) is 0 Å². The van der Waals surface area contributed by atoms with Crippen LogP contribution in [0.5, 0.6) is 5.75 Å². The highest BCUT2D eigenvalue weighted by molar-refractivity contribution is 5.94. The number of hydrogen-bond donors (Lipinski definition) is 7. The van der Waals surface area contributed by atoms with E-state index in [-0.39, 0.29) is 62.0 Å². The van der Waals surface area contributed by atoms with Gasteiger partial charge in [-0.2, -0.15) is 0 Å². The number of terminal acetylenes is 1. The van der Waals surface area contributed by atoms with E-state index in [2.05, 4.69) is 43.1 Å². The zero-order chi connectivity index (χ0) is 45.2. The van der Waals surface area contributed by atoms with Crippen molar-refractivity contribution in [2.75, 3.05) is 52.9 Å². The van der Waals surface area contributed by atoms with Crippen molar-refractivity contribution in [2.45, 2.75) is 116 Å². The van der Waals surface area contributed by atoms with Crippen LogP contribution in [0.25, 0.3) is 0 Å². The number of benzene rings is 1. The van der Waals surface area contributed by atoms with Crippen molar-refractivity contribution in [1.29, 1.82) is 0 Å². The van der Waals surface area contributed by atoms with Gasteiger partial charge in [0.05, 0.1) is 19.6 Å². The Bertz CT molecular complexity index is 1650. The summed E-state index contributed by atoms with van der Waals surface area (Å²) in [7, 11) is 1.50. The maximum absolute atomic E-state index is 12.8. The summed E-state index contributed by atoms with van der Waals surface area (Å²) in [6, 6.07) is 5.59. The fraction of sp³-hybridized carbons (Fsp3) is 0.628. The third-order valence-electron chi connectivity index (χ3n) is 9.75. The summed E-state index contributed by atoms with van der Waals surface area (Å²) >= 11 is 0. The van der Waals surface area contributed by atoms with E-state index in [0.717, 1.165) is 37.8 Å². The van der Waals surface area contributed by atoms with Gasteiger partial charge in [-0.15, -0.1) is 12.3 Å². The molecule has 7 N–H and O–H groups in total. The van der Waals surface area contributed by atoms with Crippen LogP contribution in [0.3, 0.4) is 0 Å². The molecule has 0 aliphatic carbocycles. The molecule has 0 radical (unpaired) electrons. The minimum absolute atomic E-state index is 0.0618. The predicted molar refractivity (Wildman–Crippen MR) is 227 cm³/mol. The molecule has 18 heteroatoms. The van der Waals surface area contributed by atoms with Crippen LogP contribution in [0, 0.1) is 18.3 Å². The average molecular weight is 855 g/mol. The number of likely N-dealkylation sites (N-methyl/N-ethyl adjacent to an activating group) is 1. The number of carbonyl (C=O) groups is 8. The summed E-state index contributed by atoms with van der Waals surface area (Å²) in [4.78, 5) is 99.7. The standard InChI is InChI=1S/C43H66N8O10/c1-7-8-9-12-15-40(57)51(6)27-38(55)50-41(29(2)3)43(59)48-26-37(54)49-30(4)42(58)47-25-36(53)45-21-13-10-11-14-22-46-39(56)28-60-33-18-16-32(17-19-33)24-34-35(20-23-44-34)61-31(5)52/h1,16-19,29-30,34-35,41,44H,8-15,20-28H2,2-6H3,(H,45,53)(H,46,56)(H,47,58)(H,48,59)(H,49,54)(H,50,55)/t30-,34+,35+,41?/m0/s1. The van der Waals surface area contributed by atoms with Crippen molar-refractivity contribution in [1.82, 2.24) is 42.1 Å². The van der Waals surface area contributed by atoms with Gasteiger partial charge in [0.1, 0.15) is 23.9 Å². The molecule has 1 heterocycles. The molecule has 1 aromatic rings. The van der Waals surface area contributed by atoms with E-state index in [4.69, 9.17) is 15.9 Å². The minimum atomic E-state index is -0.995. The van der Waals surface area contributed by atoms with E-state index in [1.165, 1.54) is 25.8 Å². The lowest BCUT2D eigenvalue weighted by Crippen LogP contribution is -2.54. The lowest BCUT2D eigenvalue weighted by molar-refractivity contribution is -0.146. The van der Waals surface area contributed by atoms with Crippen LogP contribution < -0.4 is 42.0 Å². The largest absolute Gasteiger partial charge is 0.484 e. The topological polar surface area (TPSA) is 242 Å². The van der Waals surface area contributed by atoms with E-state index >= 15 is 0 Å². The number of unbranched alkanes of at least 4 members (excludes halogenated alkanes) is 5. The maximum Gasteiger partial charge on any atom is 0.302 e. The lowest BCUT2D eigenvalue weighted by atomic mass is 10.0. The van der Waals surface area contributed by atoms with Crippen LogP contribution in [-0.2, 0) is 49.5 Å². The molecular weight excluding hydrogens is 789 g/mol. The number of carbonyl (C=O) groups excluding carboxylic acids is 8. The summed E-state index contributed by atoms with van der Waals surface area (Å²) in [6.07, 6.45) is 11.9. The first kappa shape index (κ1) is 51.4. The van der Waals surface area contributed by atoms with Crippen LogP contribution >= 0.6 is 0 Å². The molecule has 0 aromatic heterocycles. The fourth-order valence-corrected chi connectivity index (χ4v) is 6.31. The van der Waals surface area contributed by atoms with E-state index in [1.807, 2.05) is 24.3 Å². The van der Waals surface area contributed by atoms with Gasteiger partial charge in [-0.1, -0.05) is 38.8 Å². The summed E-state index contributed by atoms with van der Waals surface area (Å²) in [5, 5.41) is 18.9. The van der Waals surface area contributed by atoms with Crippen molar-refractivity contribution in [3.05, 3.63) is 29.8 Å². The quantitative estimate of drug-likeness (QED) is 0.0342. The fourth-order valence-electron chi connectivity index (χ4n) is 6.31. The lowest BCUT2D eigenvalue weighted by Gasteiger charge is -2.24. The maximum atomic E-state index is 12.8. The Kier molecular flexibility index (Phi) is 24.2. The Morgan fingerprint density at radius 2 is 1.44 bits per heavy atom. The SMILES string of the molecule is C#CCCCCC(=O)N(C)CC(=O)NC(C(=O)NCC(=O)N[C@@H](C)C(=O)NCC(=O)NCCCCCCNC(=O)COc1ccc(C[C@H]2NCC[C@H]2OC(C)=O)cc1)C(C)C. The van der Waals surface area contributed by atoms with Crippen LogP contribution in [0.15, 0.2) is 24.3 Å². The number of rotatable bonds is 28. The first-order chi connectivity index (χ1) is 29.1. The smallest absolute Gasteiger partial charge is 0.302 e. The summed E-state index contributed by atoms with van der Waals surface area (Å²) in [5.41, 5.74) is 1.07. The number of esters is 1. The molecule has 1 aliphatic heterocycles. The molecule has 1 unspecified atom stereocenters. The van der Waals surface area contributed by atoms with Gasteiger partial charge >= 0.3 is 5.97 Å².